The minimum absolute atomic E-state index is 0.484. The summed E-state index contributed by atoms with van der Waals surface area (Å²) in [5.74, 6) is 0.973. The fourth-order valence-corrected chi connectivity index (χ4v) is 3.19. The first-order chi connectivity index (χ1) is 11.6. The fourth-order valence-electron chi connectivity index (χ4n) is 3.19. The molecule has 1 aliphatic rings. The summed E-state index contributed by atoms with van der Waals surface area (Å²) in [6.07, 6.45) is 5.11. The van der Waals surface area contributed by atoms with E-state index in [-0.39, 0.29) is 0 Å². The van der Waals surface area contributed by atoms with Crippen LogP contribution in [-0.2, 0) is 0 Å². The van der Waals surface area contributed by atoms with Gasteiger partial charge in [-0.3, -0.25) is 9.89 Å². The molecule has 1 heterocycles. The highest BCUT2D eigenvalue weighted by Gasteiger charge is 2.20. The molecule has 0 aliphatic carbocycles. The lowest BCUT2D eigenvalue weighted by atomic mass is 10.1. The monoisotopic (exact) mass is 339 g/mol. The molecule has 1 saturated heterocycles. The van der Waals surface area contributed by atoms with Crippen LogP contribution in [0.2, 0.25) is 0 Å². The topological polar surface area (TPSA) is 42.9 Å². The van der Waals surface area contributed by atoms with Crippen molar-refractivity contribution < 1.29 is 0 Å². The van der Waals surface area contributed by atoms with E-state index in [0.717, 1.165) is 19.0 Å². The van der Waals surface area contributed by atoms with Crippen LogP contribution >= 0.6 is 0 Å². The molecule has 0 aromatic heterocycles. The van der Waals surface area contributed by atoms with Gasteiger partial charge in [0.15, 0.2) is 5.96 Å². The van der Waals surface area contributed by atoms with Crippen molar-refractivity contribution >= 4 is 5.96 Å². The van der Waals surface area contributed by atoms with Crippen molar-refractivity contribution in [2.45, 2.75) is 72.4 Å². The first-order valence-corrected chi connectivity index (χ1v) is 10.1. The van der Waals surface area contributed by atoms with Gasteiger partial charge in [-0.15, -0.1) is 0 Å². The number of guanidine groups is 1. The second-order valence-corrected chi connectivity index (χ2v) is 7.08. The van der Waals surface area contributed by atoms with Crippen molar-refractivity contribution in [3.63, 3.8) is 0 Å². The van der Waals surface area contributed by atoms with Crippen LogP contribution < -0.4 is 10.6 Å². The molecule has 24 heavy (non-hydrogen) atoms. The molecule has 0 aromatic carbocycles. The molecule has 2 atom stereocenters. The lowest BCUT2D eigenvalue weighted by molar-refractivity contribution is 0.109. The van der Waals surface area contributed by atoms with Crippen molar-refractivity contribution in [3.8, 4) is 0 Å². The van der Waals surface area contributed by atoms with Crippen molar-refractivity contribution in [1.29, 1.82) is 0 Å². The molecule has 0 amide bonds. The van der Waals surface area contributed by atoms with Gasteiger partial charge in [0, 0.05) is 44.8 Å². The van der Waals surface area contributed by atoms with E-state index in [1.54, 1.807) is 0 Å². The Hall–Kier alpha value is -0.810. The summed E-state index contributed by atoms with van der Waals surface area (Å²) in [5, 5.41) is 6.95. The third-order valence-corrected chi connectivity index (χ3v) is 4.96. The number of hydrogen-bond donors (Lipinski definition) is 2. The minimum Gasteiger partial charge on any atom is -0.357 e. The molecular weight excluding hydrogens is 298 g/mol. The molecule has 5 nitrogen and oxygen atoms in total. The van der Waals surface area contributed by atoms with E-state index in [9.17, 15) is 0 Å². The number of nitrogens with one attached hydrogen (secondary N) is 2. The third-order valence-electron chi connectivity index (χ3n) is 4.96. The second kappa shape index (κ2) is 12.5. The summed E-state index contributed by atoms with van der Waals surface area (Å²) in [7, 11) is 0. The lowest BCUT2D eigenvalue weighted by Crippen LogP contribution is -2.50. The maximum absolute atomic E-state index is 4.84. The highest BCUT2D eigenvalue weighted by Crippen LogP contribution is 2.07. The first kappa shape index (κ1) is 21.2. The van der Waals surface area contributed by atoms with Gasteiger partial charge >= 0.3 is 0 Å². The number of unbranched alkanes of at least 4 members (excludes halogenated alkanes) is 2. The van der Waals surface area contributed by atoms with Gasteiger partial charge in [0.2, 0.25) is 0 Å². The van der Waals surface area contributed by atoms with Crippen LogP contribution in [0.15, 0.2) is 4.99 Å². The standard InChI is InChI=1S/C19H41N5/c1-6-9-10-11-17(4)22-19(20-7-2)21-16-18(5)24-14-12-23(8-3)13-15-24/h17-18H,6-16H2,1-5H3,(H2,20,21,22). The van der Waals surface area contributed by atoms with Crippen LogP contribution in [0, 0.1) is 0 Å². The van der Waals surface area contributed by atoms with Gasteiger partial charge in [-0.1, -0.05) is 33.1 Å². The van der Waals surface area contributed by atoms with Crippen LogP contribution in [0.5, 0.6) is 0 Å². The Morgan fingerprint density at radius 2 is 1.75 bits per heavy atom. The predicted octanol–water partition coefficient (Wildman–Crippen LogP) is 2.54. The van der Waals surface area contributed by atoms with Gasteiger partial charge in [0.1, 0.15) is 0 Å². The zero-order valence-electron chi connectivity index (χ0n) is 16.8. The molecule has 0 spiro atoms. The molecule has 1 rings (SSSR count). The quantitative estimate of drug-likeness (QED) is 0.365. The Morgan fingerprint density at radius 1 is 1.04 bits per heavy atom. The number of rotatable bonds is 10. The van der Waals surface area contributed by atoms with Crippen LogP contribution in [0.4, 0.5) is 0 Å². The highest BCUT2D eigenvalue weighted by molar-refractivity contribution is 5.80. The normalized spacial score (nSPS) is 20.0. The SMILES string of the molecule is CCCCCC(C)NC(=NCC(C)N1CCN(CC)CC1)NCC. The van der Waals surface area contributed by atoms with Gasteiger partial charge in [-0.05, 0) is 33.7 Å². The zero-order chi connectivity index (χ0) is 17.8. The van der Waals surface area contributed by atoms with E-state index >= 15 is 0 Å². The highest BCUT2D eigenvalue weighted by atomic mass is 15.3. The Bertz CT molecular complexity index is 337. The van der Waals surface area contributed by atoms with E-state index in [1.165, 1.54) is 58.4 Å². The number of aliphatic imine (C=N–C) groups is 1. The maximum Gasteiger partial charge on any atom is 0.191 e. The van der Waals surface area contributed by atoms with Crippen LogP contribution in [0.25, 0.3) is 0 Å². The van der Waals surface area contributed by atoms with Crippen molar-refractivity contribution in [3.05, 3.63) is 0 Å². The van der Waals surface area contributed by atoms with Gasteiger partial charge in [-0.2, -0.15) is 0 Å². The molecule has 0 bridgehead atoms. The average molecular weight is 340 g/mol. The molecule has 0 aromatic rings. The minimum atomic E-state index is 0.484. The van der Waals surface area contributed by atoms with Gasteiger partial charge in [0.05, 0.1) is 6.54 Å². The number of nitrogens with zero attached hydrogens (tertiary/aromatic N) is 3. The number of hydrogen-bond acceptors (Lipinski definition) is 3. The molecule has 5 heteroatoms. The lowest BCUT2D eigenvalue weighted by Gasteiger charge is -2.37. The Morgan fingerprint density at radius 3 is 2.33 bits per heavy atom. The Balaban J connectivity index is 2.40. The maximum atomic E-state index is 4.84. The van der Waals surface area contributed by atoms with Crippen LogP contribution in [0.3, 0.4) is 0 Å². The van der Waals surface area contributed by atoms with E-state index in [2.05, 4.69) is 55.1 Å². The van der Waals surface area contributed by atoms with E-state index in [0.29, 0.717) is 12.1 Å². The van der Waals surface area contributed by atoms with Crippen molar-refractivity contribution in [2.24, 2.45) is 4.99 Å². The van der Waals surface area contributed by atoms with Crippen molar-refractivity contribution in [1.82, 2.24) is 20.4 Å². The number of likely N-dealkylation sites (N-methyl/N-ethyl adjacent to an activating group) is 1. The Labute approximate surface area is 150 Å². The summed E-state index contributed by atoms with van der Waals surface area (Å²) in [4.78, 5) is 9.93. The fraction of sp³-hybridized carbons (Fsp3) is 0.947. The summed E-state index contributed by atoms with van der Waals surface area (Å²) < 4.78 is 0. The van der Waals surface area contributed by atoms with Crippen LogP contribution in [0.1, 0.15) is 60.3 Å². The van der Waals surface area contributed by atoms with Gasteiger partial charge in [0.25, 0.3) is 0 Å². The molecular formula is C19H41N5. The van der Waals surface area contributed by atoms with Gasteiger partial charge < -0.3 is 15.5 Å². The Kier molecular flexibility index (Phi) is 11.1. The van der Waals surface area contributed by atoms with E-state index in [4.69, 9.17) is 4.99 Å². The summed E-state index contributed by atoms with van der Waals surface area (Å²) in [5.41, 5.74) is 0. The van der Waals surface area contributed by atoms with E-state index in [1.807, 2.05) is 0 Å². The van der Waals surface area contributed by atoms with Crippen LogP contribution in [-0.4, -0.2) is 73.7 Å². The molecule has 0 radical (unpaired) electrons. The van der Waals surface area contributed by atoms with Gasteiger partial charge in [-0.25, -0.2) is 0 Å². The predicted molar refractivity (Wildman–Crippen MR) is 106 cm³/mol. The first-order valence-electron chi connectivity index (χ1n) is 10.1. The van der Waals surface area contributed by atoms with E-state index < -0.39 is 0 Å². The molecule has 1 fully saturated rings. The summed E-state index contributed by atoms with van der Waals surface area (Å²) in [6, 6.07) is 0.993. The van der Waals surface area contributed by atoms with Crippen molar-refractivity contribution in [2.75, 3.05) is 45.8 Å². The molecule has 2 unspecified atom stereocenters. The number of piperazine rings is 1. The molecule has 142 valence electrons. The summed E-state index contributed by atoms with van der Waals surface area (Å²) >= 11 is 0. The smallest absolute Gasteiger partial charge is 0.191 e. The second-order valence-electron chi connectivity index (χ2n) is 7.08. The molecule has 2 N–H and O–H groups in total. The molecule has 1 aliphatic heterocycles. The summed E-state index contributed by atoms with van der Waals surface area (Å²) in [6.45, 7) is 18.9. The largest absolute Gasteiger partial charge is 0.357 e. The third kappa shape index (κ3) is 8.34. The molecule has 0 saturated carbocycles. The average Bonchev–Trinajstić information content (AvgIpc) is 2.60. The zero-order valence-corrected chi connectivity index (χ0v) is 16.8.